The molecule has 3 rings (SSSR count). The fraction of sp³-hybridized carbons (Fsp3) is 0.722. The standard InChI is InChI=1S/C18H29N3OS2/c1-15-3-2-4-16(19-15)11-20-6-7-21(12-17(20)5-8-22)18-13-23-9-10-24-14-18/h2-4,17-18,22H,5-14H2,1H3/t17-/m0/s1. The number of hydrogen-bond acceptors (Lipinski definition) is 6. The first-order valence-corrected chi connectivity index (χ1v) is 11.2. The molecule has 0 saturated carbocycles. The van der Waals surface area contributed by atoms with Gasteiger partial charge in [-0.15, -0.1) is 0 Å². The van der Waals surface area contributed by atoms with Gasteiger partial charge in [0, 0.05) is 73.6 Å². The Labute approximate surface area is 154 Å². The number of thioether (sulfide) groups is 2. The van der Waals surface area contributed by atoms with Crippen molar-refractivity contribution < 1.29 is 5.11 Å². The van der Waals surface area contributed by atoms with Gasteiger partial charge in [0.25, 0.3) is 0 Å². The Balaban J connectivity index is 1.62. The summed E-state index contributed by atoms with van der Waals surface area (Å²) in [6, 6.07) is 7.39. The Bertz CT molecular complexity index is 509. The topological polar surface area (TPSA) is 39.6 Å². The highest BCUT2D eigenvalue weighted by Crippen LogP contribution is 2.24. The molecule has 0 aliphatic carbocycles. The lowest BCUT2D eigenvalue weighted by molar-refractivity contribution is 0.0400. The van der Waals surface area contributed by atoms with Gasteiger partial charge >= 0.3 is 0 Å². The van der Waals surface area contributed by atoms with E-state index in [-0.39, 0.29) is 6.61 Å². The van der Waals surface area contributed by atoms with Gasteiger partial charge in [0.15, 0.2) is 0 Å². The molecule has 1 N–H and O–H groups in total. The largest absolute Gasteiger partial charge is 0.396 e. The number of rotatable bonds is 5. The zero-order valence-corrected chi connectivity index (χ0v) is 16.2. The molecule has 6 heteroatoms. The van der Waals surface area contributed by atoms with Crippen molar-refractivity contribution in [2.45, 2.75) is 32.0 Å². The maximum atomic E-state index is 9.52. The number of nitrogens with zero attached hydrogens (tertiary/aromatic N) is 3. The molecule has 3 heterocycles. The molecule has 1 aromatic heterocycles. The third-order valence-electron chi connectivity index (χ3n) is 4.92. The van der Waals surface area contributed by atoms with Gasteiger partial charge in [-0.05, 0) is 25.5 Å². The van der Waals surface area contributed by atoms with E-state index in [4.69, 9.17) is 0 Å². The van der Waals surface area contributed by atoms with E-state index >= 15 is 0 Å². The lowest BCUT2D eigenvalue weighted by Crippen LogP contribution is -2.56. The molecule has 0 amide bonds. The SMILES string of the molecule is Cc1cccc(CN2CCN(C3CSCCSC3)C[C@@H]2CCO)n1. The van der Waals surface area contributed by atoms with Gasteiger partial charge in [-0.2, -0.15) is 23.5 Å². The molecule has 0 radical (unpaired) electrons. The zero-order chi connectivity index (χ0) is 16.8. The minimum atomic E-state index is 0.268. The van der Waals surface area contributed by atoms with Crippen molar-refractivity contribution in [1.29, 1.82) is 0 Å². The number of hydrogen-bond donors (Lipinski definition) is 1. The summed E-state index contributed by atoms with van der Waals surface area (Å²) in [5.41, 5.74) is 2.23. The van der Waals surface area contributed by atoms with Crippen LogP contribution in [0.3, 0.4) is 0 Å². The maximum Gasteiger partial charge on any atom is 0.0547 e. The van der Waals surface area contributed by atoms with Crippen LogP contribution in [0.25, 0.3) is 0 Å². The quantitative estimate of drug-likeness (QED) is 0.859. The van der Waals surface area contributed by atoms with E-state index in [9.17, 15) is 5.11 Å². The van der Waals surface area contributed by atoms with Crippen LogP contribution in [0.1, 0.15) is 17.8 Å². The van der Waals surface area contributed by atoms with E-state index < -0.39 is 0 Å². The molecular weight excluding hydrogens is 338 g/mol. The number of aromatic nitrogens is 1. The molecule has 4 nitrogen and oxygen atoms in total. The van der Waals surface area contributed by atoms with E-state index in [0.29, 0.717) is 12.1 Å². The molecule has 0 bridgehead atoms. The summed E-state index contributed by atoms with van der Waals surface area (Å²) < 4.78 is 0. The van der Waals surface area contributed by atoms with Crippen molar-refractivity contribution in [3.63, 3.8) is 0 Å². The van der Waals surface area contributed by atoms with Crippen molar-refractivity contribution in [2.24, 2.45) is 0 Å². The number of aryl methyl sites for hydroxylation is 1. The highest BCUT2D eigenvalue weighted by Gasteiger charge is 2.31. The molecule has 1 aromatic rings. The Morgan fingerprint density at radius 3 is 2.71 bits per heavy atom. The van der Waals surface area contributed by atoms with Gasteiger partial charge in [-0.1, -0.05) is 6.07 Å². The van der Waals surface area contributed by atoms with Gasteiger partial charge in [0.05, 0.1) is 5.69 Å². The molecule has 1 atom stereocenters. The van der Waals surface area contributed by atoms with E-state index in [2.05, 4.69) is 50.4 Å². The Morgan fingerprint density at radius 1 is 1.21 bits per heavy atom. The lowest BCUT2D eigenvalue weighted by atomic mass is 10.1. The minimum absolute atomic E-state index is 0.268. The first-order chi connectivity index (χ1) is 11.8. The molecule has 2 saturated heterocycles. The van der Waals surface area contributed by atoms with Gasteiger partial charge in [-0.25, -0.2) is 0 Å². The fourth-order valence-electron chi connectivity index (χ4n) is 3.59. The normalized spacial score (nSPS) is 24.8. The molecule has 24 heavy (non-hydrogen) atoms. The smallest absolute Gasteiger partial charge is 0.0547 e. The van der Waals surface area contributed by atoms with Crippen LogP contribution in [0.15, 0.2) is 18.2 Å². The van der Waals surface area contributed by atoms with Crippen LogP contribution in [-0.4, -0.2) is 81.2 Å². The van der Waals surface area contributed by atoms with E-state index in [0.717, 1.165) is 44.0 Å². The number of aliphatic hydroxyl groups is 1. The molecular formula is C18H29N3OS2. The monoisotopic (exact) mass is 367 g/mol. The van der Waals surface area contributed by atoms with Crippen LogP contribution in [0.5, 0.6) is 0 Å². The Hall–Kier alpha value is -0.270. The van der Waals surface area contributed by atoms with E-state index in [1.165, 1.54) is 23.0 Å². The summed E-state index contributed by atoms with van der Waals surface area (Å²) in [6.07, 6.45) is 0.856. The summed E-state index contributed by atoms with van der Waals surface area (Å²) in [5, 5.41) is 9.52. The zero-order valence-electron chi connectivity index (χ0n) is 14.6. The van der Waals surface area contributed by atoms with Crippen LogP contribution in [0.2, 0.25) is 0 Å². The molecule has 0 aromatic carbocycles. The van der Waals surface area contributed by atoms with E-state index in [1.807, 2.05) is 13.0 Å². The van der Waals surface area contributed by atoms with Gasteiger partial charge in [0.1, 0.15) is 0 Å². The van der Waals surface area contributed by atoms with Crippen molar-refractivity contribution >= 4 is 23.5 Å². The van der Waals surface area contributed by atoms with Crippen molar-refractivity contribution in [2.75, 3.05) is 49.3 Å². The summed E-state index contributed by atoms with van der Waals surface area (Å²) in [4.78, 5) is 9.85. The molecule has 2 aliphatic heterocycles. The minimum Gasteiger partial charge on any atom is -0.396 e. The second-order valence-electron chi connectivity index (χ2n) is 6.71. The lowest BCUT2D eigenvalue weighted by Gasteiger charge is -2.44. The number of piperazine rings is 1. The third-order valence-corrected chi connectivity index (χ3v) is 7.40. The molecule has 2 aliphatic rings. The fourth-order valence-corrected chi connectivity index (χ4v) is 6.22. The van der Waals surface area contributed by atoms with E-state index in [1.54, 1.807) is 0 Å². The highest BCUT2D eigenvalue weighted by molar-refractivity contribution is 8.03. The molecule has 0 spiro atoms. The molecule has 134 valence electrons. The van der Waals surface area contributed by atoms with Crippen molar-refractivity contribution in [3.05, 3.63) is 29.6 Å². The number of aliphatic hydroxyl groups excluding tert-OH is 1. The average Bonchev–Trinajstić information content (AvgIpc) is 2.86. The first-order valence-electron chi connectivity index (χ1n) is 8.93. The van der Waals surface area contributed by atoms with Crippen molar-refractivity contribution in [3.8, 4) is 0 Å². The number of pyridine rings is 1. The van der Waals surface area contributed by atoms with Crippen LogP contribution in [0.4, 0.5) is 0 Å². The first kappa shape index (κ1) is 18.5. The predicted octanol–water partition coefficient (Wildman–Crippen LogP) is 2.11. The average molecular weight is 368 g/mol. The van der Waals surface area contributed by atoms with Gasteiger partial charge in [-0.3, -0.25) is 14.8 Å². The Kier molecular flexibility index (Phi) is 7.28. The summed E-state index contributed by atoms with van der Waals surface area (Å²) >= 11 is 4.20. The molecule has 0 unspecified atom stereocenters. The van der Waals surface area contributed by atoms with Crippen LogP contribution in [-0.2, 0) is 6.54 Å². The van der Waals surface area contributed by atoms with Crippen LogP contribution in [0, 0.1) is 6.92 Å². The third kappa shape index (κ3) is 5.11. The summed E-state index contributed by atoms with van der Waals surface area (Å²) in [5.74, 6) is 5.11. The van der Waals surface area contributed by atoms with Gasteiger partial charge in [0.2, 0.25) is 0 Å². The second-order valence-corrected chi connectivity index (χ2v) is 9.01. The summed E-state index contributed by atoms with van der Waals surface area (Å²) in [7, 11) is 0. The van der Waals surface area contributed by atoms with Gasteiger partial charge < -0.3 is 5.11 Å². The van der Waals surface area contributed by atoms with Crippen LogP contribution >= 0.6 is 23.5 Å². The maximum absolute atomic E-state index is 9.52. The highest BCUT2D eigenvalue weighted by atomic mass is 32.2. The van der Waals surface area contributed by atoms with Crippen molar-refractivity contribution in [1.82, 2.24) is 14.8 Å². The predicted molar refractivity (Wildman–Crippen MR) is 105 cm³/mol. The summed E-state index contributed by atoms with van der Waals surface area (Å²) in [6.45, 7) is 6.51. The van der Waals surface area contributed by atoms with Crippen LogP contribution < -0.4 is 0 Å². The second kappa shape index (κ2) is 9.43. The Morgan fingerprint density at radius 2 is 2.00 bits per heavy atom. The molecule has 2 fully saturated rings.